The van der Waals surface area contributed by atoms with Gasteiger partial charge in [0.2, 0.25) is 0 Å². The molecule has 2 aromatic heterocycles. The highest BCUT2D eigenvalue weighted by Gasteiger charge is 2.42. The third-order valence-corrected chi connectivity index (χ3v) is 7.84. The van der Waals surface area contributed by atoms with Gasteiger partial charge >= 0.3 is 0 Å². The van der Waals surface area contributed by atoms with E-state index in [-0.39, 0.29) is 12.1 Å². The first-order chi connectivity index (χ1) is 17.5. The number of fused-ring (bicyclic) bond motifs is 1. The molecule has 3 heterocycles. The Morgan fingerprint density at radius 2 is 1.64 bits per heavy atom. The van der Waals surface area contributed by atoms with Gasteiger partial charge in [0, 0.05) is 33.1 Å². The number of aryl methyl sites for hydroxylation is 1. The molecule has 1 saturated heterocycles. The molecule has 0 amide bonds. The number of thiocarbonyl (C=S) groups is 1. The second-order valence-corrected chi connectivity index (χ2v) is 10.4. The van der Waals surface area contributed by atoms with Crippen LogP contribution in [0.3, 0.4) is 0 Å². The average molecular weight is 554 g/mol. The van der Waals surface area contributed by atoms with Crippen molar-refractivity contribution in [2.24, 2.45) is 0 Å². The Bertz CT molecular complexity index is 1570. The molecule has 1 aliphatic heterocycles. The van der Waals surface area contributed by atoms with E-state index in [4.69, 9.17) is 17.2 Å². The SMILES string of the molecule is Cc1cc([C@H]2[C@@H](c3ccccn3)NC(=S)N2c2ccc(Br)cc2)c(C)n1-c1cccc2ccccc12. The molecule has 0 unspecified atom stereocenters. The number of hydrogen-bond donors (Lipinski definition) is 1. The normalized spacial score (nSPS) is 17.5. The third kappa shape index (κ3) is 3.81. The van der Waals surface area contributed by atoms with Gasteiger partial charge in [0.1, 0.15) is 0 Å². The molecule has 1 N–H and O–H groups in total. The molecule has 3 aromatic carbocycles. The lowest BCUT2D eigenvalue weighted by Gasteiger charge is -2.28. The van der Waals surface area contributed by atoms with E-state index in [0.29, 0.717) is 5.11 Å². The topological polar surface area (TPSA) is 33.1 Å². The van der Waals surface area contributed by atoms with Gasteiger partial charge in [0.15, 0.2) is 5.11 Å². The molecule has 2 atom stereocenters. The number of aromatic nitrogens is 2. The summed E-state index contributed by atoms with van der Waals surface area (Å²) in [5, 5.41) is 6.75. The lowest BCUT2D eigenvalue weighted by atomic mass is 9.96. The molecule has 0 saturated carbocycles. The maximum Gasteiger partial charge on any atom is 0.174 e. The van der Waals surface area contributed by atoms with Crippen LogP contribution in [0.1, 0.15) is 34.7 Å². The van der Waals surface area contributed by atoms with Crippen LogP contribution in [0.15, 0.2) is 102 Å². The number of anilines is 1. The highest BCUT2D eigenvalue weighted by atomic mass is 79.9. The number of pyridine rings is 1. The highest BCUT2D eigenvalue weighted by Crippen LogP contribution is 2.44. The second kappa shape index (κ2) is 9.19. The van der Waals surface area contributed by atoms with Crippen LogP contribution in [0.25, 0.3) is 16.5 Å². The van der Waals surface area contributed by atoms with Crippen LogP contribution in [0, 0.1) is 13.8 Å². The Morgan fingerprint density at radius 1 is 0.889 bits per heavy atom. The van der Waals surface area contributed by atoms with E-state index in [1.54, 1.807) is 0 Å². The summed E-state index contributed by atoms with van der Waals surface area (Å²) in [4.78, 5) is 6.94. The van der Waals surface area contributed by atoms with Gasteiger partial charge in [-0.25, -0.2) is 0 Å². The Labute approximate surface area is 224 Å². The van der Waals surface area contributed by atoms with Crippen LogP contribution in [0.2, 0.25) is 0 Å². The van der Waals surface area contributed by atoms with Crippen LogP contribution in [0.5, 0.6) is 0 Å². The molecule has 5 aromatic rings. The standard InChI is InChI=1S/C30H25BrN4S/c1-19-18-25(20(2)34(19)27-12-7-9-21-8-3-4-10-24(21)27)29-28(26-11-5-6-17-32-26)33-30(36)35(29)23-15-13-22(31)14-16-23/h3-18,28-29H,1-2H3,(H,33,36)/t28-,29+/m1/s1. The van der Waals surface area contributed by atoms with Gasteiger partial charge < -0.3 is 14.8 Å². The van der Waals surface area contributed by atoms with Gasteiger partial charge in [-0.2, -0.15) is 0 Å². The van der Waals surface area contributed by atoms with Gasteiger partial charge in [-0.1, -0.05) is 58.4 Å². The molecule has 0 aliphatic carbocycles. The number of benzene rings is 3. The van der Waals surface area contributed by atoms with E-state index in [9.17, 15) is 0 Å². The average Bonchev–Trinajstić information content (AvgIpc) is 3.39. The van der Waals surface area contributed by atoms with Crippen molar-refractivity contribution in [3.63, 3.8) is 0 Å². The zero-order valence-electron chi connectivity index (χ0n) is 20.0. The fraction of sp³-hybridized carbons (Fsp3) is 0.133. The van der Waals surface area contributed by atoms with Gasteiger partial charge in [-0.3, -0.25) is 4.98 Å². The van der Waals surface area contributed by atoms with Crippen LogP contribution in [-0.2, 0) is 0 Å². The monoisotopic (exact) mass is 552 g/mol. The summed E-state index contributed by atoms with van der Waals surface area (Å²) in [5.41, 5.74) is 6.82. The van der Waals surface area contributed by atoms with Crippen molar-refractivity contribution in [3.8, 4) is 5.69 Å². The lowest BCUT2D eigenvalue weighted by Crippen LogP contribution is -2.29. The molecule has 1 aliphatic rings. The van der Waals surface area contributed by atoms with Crippen LogP contribution >= 0.6 is 28.1 Å². The summed E-state index contributed by atoms with van der Waals surface area (Å²) < 4.78 is 3.41. The first kappa shape index (κ1) is 23.0. The third-order valence-electron chi connectivity index (χ3n) is 7.00. The first-order valence-electron chi connectivity index (χ1n) is 12.0. The van der Waals surface area contributed by atoms with Crippen LogP contribution < -0.4 is 10.2 Å². The van der Waals surface area contributed by atoms with Crippen LogP contribution in [0.4, 0.5) is 5.69 Å². The van der Waals surface area contributed by atoms with Crippen molar-refractivity contribution < 1.29 is 0 Å². The molecule has 4 nitrogen and oxygen atoms in total. The summed E-state index contributed by atoms with van der Waals surface area (Å²) in [5.74, 6) is 0. The lowest BCUT2D eigenvalue weighted by molar-refractivity contribution is 0.565. The minimum atomic E-state index is -0.0798. The fourth-order valence-electron chi connectivity index (χ4n) is 5.41. The second-order valence-electron chi connectivity index (χ2n) is 9.13. The Hall–Kier alpha value is -3.48. The van der Waals surface area contributed by atoms with E-state index in [1.165, 1.54) is 33.4 Å². The smallest absolute Gasteiger partial charge is 0.174 e. The molecule has 6 heteroatoms. The largest absolute Gasteiger partial charge is 0.351 e. The van der Waals surface area contributed by atoms with Crippen LogP contribution in [-0.4, -0.2) is 14.7 Å². The number of nitrogens with one attached hydrogen (secondary N) is 1. The molecule has 1 fully saturated rings. The molecule has 0 bridgehead atoms. The highest BCUT2D eigenvalue weighted by molar-refractivity contribution is 9.10. The molecular formula is C30H25BrN4S. The molecule has 0 spiro atoms. The zero-order chi connectivity index (χ0) is 24.8. The summed E-state index contributed by atoms with van der Waals surface area (Å²) in [6.45, 7) is 4.39. The summed E-state index contributed by atoms with van der Waals surface area (Å²) in [6.07, 6.45) is 1.85. The van der Waals surface area contributed by atoms with E-state index in [1.807, 2.05) is 18.3 Å². The van der Waals surface area contributed by atoms with Gasteiger partial charge in [-0.05, 0) is 85.5 Å². The summed E-state index contributed by atoms with van der Waals surface area (Å²) in [6, 6.07) is 31.6. The maximum absolute atomic E-state index is 5.92. The van der Waals surface area contributed by atoms with Crippen molar-refractivity contribution in [1.29, 1.82) is 0 Å². The fourth-order valence-corrected chi connectivity index (χ4v) is 6.02. The molecule has 36 heavy (non-hydrogen) atoms. The number of halogens is 1. The summed E-state index contributed by atoms with van der Waals surface area (Å²) in [7, 11) is 0. The van der Waals surface area contributed by atoms with Crippen molar-refractivity contribution in [1.82, 2.24) is 14.9 Å². The molecule has 0 radical (unpaired) electrons. The van der Waals surface area contributed by atoms with Gasteiger partial charge in [0.05, 0.1) is 23.5 Å². The van der Waals surface area contributed by atoms with Gasteiger partial charge in [0.25, 0.3) is 0 Å². The molecular weight excluding hydrogens is 528 g/mol. The number of rotatable bonds is 4. The predicted octanol–water partition coefficient (Wildman–Crippen LogP) is 7.58. The quantitative estimate of drug-likeness (QED) is 0.233. The van der Waals surface area contributed by atoms with E-state index in [2.05, 4.69) is 123 Å². The van der Waals surface area contributed by atoms with Crippen molar-refractivity contribution >= 4 is 49.7 Å². The zero-order valence-corrected chi connectivity index (χ0v) is 22.4. The van der Waals surface area contributed by atoms with Crippen molar-refractivity contribution in [2.75, 3.05) is 4.90 Å². The Kier molecular flexibility index (Phi) is 5.86. The first-order valence-corrected chi connectivity index (χ1v) is 13.2. The Morgan fingerprint density at radius 3 is 2.42 bits per heavy atom. The Balaban J connectivity index is 1.55. The van der Waals surface area contributed by atoms with Crippen molar-refractivity contribution in [3.05, 3.63) is 124 Å². The molecule has 178 valence electrons. The minimum Gasteiger partial charge on any atom is -0.351 e. The predicted molar refractivity (Wildman–Crippen MR) is 155 cm³/mol. The van der Waals surface area contributed by atoms with E-state index < -0.39 is 0 Å². The number of nitrogens with zero attached hydrogens (tertiary/aromatic N) is 3. The van der Waals surface area contributed by atoms with Crippen molar-refractivity contribution in [2.45, 2.75) is 25.9 Å². The van der Waals surface area contributed by atoms with E-state index in [0.717, 1.165) is 15.9 Å². The summed E-state index contributed by atoms with van der Waals surface area (Å²) >= 11 is 9.49. The maximum atomic E-state index is 5.92. The van der Waals surface area contributed by atoms with Gasteiger partial charge in [-0.15, -0.1) is 0 Å². The van der Waals surface area contributed by atoms with E-state index >= 15 is 0 Å². The molecule has 6 rings (SSSR count). The minimum absolute atomic E-state index is 0.0523. The number of hydrogen-bond acceptors (Lipinski definition) is 2.